The van der Waals surface area contributed by atoms with Crippen LogP contribution < -0.4 is 10.6 Å². The summed E-state index contributed by atoms with van der Waals surface area (Å²) in [5.74, 6) is 0.528. The van der Waals surface area contributed by atoms with Crippen molar-refractivity contribution in [3.63, 3.8) is 0 Å². The Hall–Kier alpha value is -2.68. The first kappa shape index (κ1) is 22.0. The molecule has 0 saturated heterocycles. The molecule has 0 saturated carbocycles. The van der Waals surface area contributed by atoms with E-state index in [0.717, 1.165) is 53.0 Å². The fraction of sp³-hybridized carbons (Fsp3) is 0.217. The summed E-state index contributed by atoms with van der Waals surface area (Å²) in [6.07, 6.45) is 4.58. The van der Waals surface area contributed by atoms with Crippen molar-refractivity contribution in [2.24, 2.45) is 4.99 Å². The molecule has 2 aromatic heterocycles. The smallest absolute Gasteiger partial charge is 0.191 e. The number of hydrogen-bond donors (Lipinski definition) is 3. The largest absolute Gasteiger partial charge is 0.361 e. The molecule has 0 fully saturated rings. The summed E-state index contributed by atoms with van der Waals surface area (Å²) >= 11 is 0. The first-order chi connectivity index (χ1) is 14.2. The number of aromatic nitrogens is 2. The minimum Gasteiger partial charge on any atom is -0.361 e. The van der Waals surface area contributed by atoms with Gasteiger partial charge in [0.1, 0.15) is 5.82 Å². The van der Waals surface area contributed by atoms with Gasteiger partial charge in [-0.25, -0.2) is 9.38 Å². The molecule has 0 aliphatic rings. The molecule has 0 radical (unpaired) electrons. The highest BCUT2D eigenvalue weighted by Gasteiger charge is 2.06. The molecule has 3 N–H and O–H groups in total. The van der Waals surface area contributed by atoms with Gasteiger partial charge in [-0.1, -0.05) is 24.3 Å². The molecule has 4 aromatic rings. The molecule has 2 aromatic carbocycles. The van der Waals surface area contributed by atoms with E-state index in [1.807, 2.05) is 43.6 Å². The molecule has 5 nitrogen and oxygen atoms in total. The van der Waals surface area contributed by atoms with Gasteiger partial charge in [-0.2, -0.15) is 0 Å². The van der Waals surface area contributed by atoms with Gasteiger partial charge < -0.3 is 15.6 Å². The monoisotopic (exact) mass is 517 g/mol. The standard InChI is InChI=1S/C23H24FN5.HI/c1-2-25-23(29-15-22-19-6-4-3-5-16(19)9-11-26-22)27-12-10-17-14-28-21-13-18(24)7-8-20(17)21;/h3-9,11,13-14,28H,2,10,12,15H2,1H3,(H2,25,27,29);1H. The molecule has 0 aliphatic heterocycles. The second-order valence-electron chi connectivity index (χ2n) is 6.85. The topological polar surface area (TPSA) is 65.1 Å². The second-order valence-corrected chi connectivity index (χ2v) is 6.85. The molecule has 0 spiro atoms. The number of fused-ring (bicyclic) bond motifs is 2. The zero-order valence-electron chi connectivity index (χ0n) is 16.8. The predicted molar refractivity (Wildman–Crippen MR) is 132 cm³/mol. The Labute approximate surface area is 192 Å². The first-order valence-electron chi connectivity index (χ1n) is 9.85. The second kappa shape index (κ2) is 10.4. The van der Waals surface area contributed by atoms with E-state index in [4.69, 9.17) is 4.99 Å². The van der Waals surface area contributed by atoms with Crippen molar-refractivity contribution >= 4 is 51.6 Å². The maximum absolute atomic E-state index is 13.3. The molecule has 7 heteroatoms. The van der Waals surface area contributed by atoms with Gasteiger partial charge >= 0.3 is 0 Å². The van der Waals surface area contributed by atoms with Gasteiger partial charge in [-0.15, -0.1) is 24.0 Å². The van der Waals surface area contributed by atoms with Crippen LogP contribution in [-0.2, 0) is 13.0 Å². The summed E-state index contributed by atoms with van der Waals surface area (Å²) in [7, 11) is 0. The number of nitrogens with zero attached hydrogens (tertiary/aromatic N) is 2. The molecule has 4 rings (SSSR count). The highest BCUT2D eigenvalue weighted by atomic mass is 127. The Morgan fingerprint density at radius 3 is 2.83 bits per heavy atom. The molecule has 0 unspecified atom stereocenters. The van der Waals surface area contributed by atoms with E-state index in [-0.39, 0.29) is 29.8 Å². The number of guanidine groups is 1. The van der Waals surface area contributed by atoms with Gasteiger partial charge in [0.15, 0.2) is 5.96 Å². The van der Waals surface area contributed by atoms with Gasteiger partial charge in [-0.3, -0.25) is 4.98 Å². The average molecular weight is 517 g/mol. The summed E-state index contributed by atoms with van der Waals surface area (Å²) in [6.45, 7) is 4.05. The van der Waals surface area contributed by atoms with E-state index >= 15 is 0 Å². The fourth-order valence-corrected chi connectivity index (χ4v) is 3.48. The quantitative estimate of drug-likeness (QED) is 0.196. The van der Waals surface area contributed by atoms with Gasteiger partial charge in [0.2, 0.25) is 0 Å². The lowest BCUT2D eigenvalue weighted by Gasteiger charge is -2.11. The third-order valence-electron chi connectivity index (χ3n) is 4.90. The number of aromatic amines is 1. The van der Waals surface area contributed by atoms with E-state index in [1.54, 1.807) is 0 Å². The highest BCUT2D eigenvalue weighted by Crippen LogP contribution is 2.19. The van der Waals surface area contributed by atoms with Crippen LogP contribution in [0.4, 0.5) is 4.39 Å². The van der Waals surface area contributed by atoms with Gasteiger partial charge in [0, 0.05) is 41.8 Å². The van der Waals surface area contributed by atoms with E-state index in [2.05, 4.69) is 32.7 Å². The number of halogens is 2. The molecule has 0 aliphatic carbocycles. The van der Waals surface area contributed by atoms with Crippen molar-refractivity contribution in [2.75, 3.05) is 13.1 Å². The Kier molecular flexibility index (Phi) is 7.62. The Morgan fingerprint density at radius 2 is 1.97 bits per heavy atom. The van der Waals surface area contributed by atoms with Crippen LogP contribution in [-0.4, -0.2) is 29.0 Å². The van der Waals surface area contributed by atoms with Crippen molar-refractivity contribution in [1.82, 2.24) is 20.6 Å². The van der Waals surface area contributed by atoms with E-state index in [9.17, 15) is 4.39 Å². The average Bonchev–Trinajstić information content (AvgIpc) is 3.14. The van der Waals surface area contributed by atoms with Crippen LogP contribution in [0.2, 0.25) is 0 Å². The van der Waals surface area contributed by atoms with Gasteiger partial charge in [0.05, 0.1) is 12.2 Å². The van der Waals surface area contributed by atoms with Crippen molar-refractivity contribution in [3.8, 4) is 0 Å². The van der Waals surface area contributed by atoms with Crippen molar-refractivity contribution in [1.29, 1.82) is 0 Å². The number of hydrogen-bond acceptors (Lipinski definition) is 2. The summed E-state index contributed by atoms with van der Waals surface area (Å²) in [6, 6.07) is 15.1. The Morgan fingerprint density at radius 1 is 1.10 bits per heavy atom. The van der Waals surface area contributed by atoms with E-state index < -0.39 is 0 Å². The van der Waals surface area contributed by atoms with E-state index in [0.29, 0.717) is 6.54 Å². The van der Waals surface area contributed by atoms with Crippen molar-refractivity contribution in [2.45, 2.75) is 19.9 Å². The van der Waals surface area contributed by atoms with Crippen LogP contribution in [0.25, 0.3) is 21.7 Å². The van der Waals surface area contributed by atoms with Crippen LogP contribution in [0.5, 0.6) is 0 Å². The van der Waals surface area contributed by atoms with Crippen LogP contribution in [0, 0.1) is 5.82 Å². The third kappa shape index (κ3) is 5.08. The number of benzene rings is 2. The fourth-order valence-electron chi connectivity index (χ4n) is 3.48. The Balaban J connectivity index is 0.00000256. The maximum atomic E-state index is 13.3. The van der Waals surface area contributed by atoms with Gasteiger partial charge in [-0.05, 0) is 48.6 Å². The minimum atomic E-state index is -0.229. The lowest BCUT2D eigenvalue weighted by molar-refractivity contribution is 0.629. The SMILES string of the molecule is CCNC(=NCc1nccc2ccccc12)NCCc1c[nH]c2cc(F)ccc12.I. The summed E-state index contributed by atoms with van der Waals surface area (Å²) in [5.41, 5.74) is 2.93. The third-order valence-corrected chi connectivity index (χ3v) is 4.90. The summed E-state index contributed by atoms with van der Waals surface area (Å²) in [4.78, 5) is 12.3. The molecular weight excluding hydrogens is 492 g/mol. The lowest BCUT2D eigenvalue weighted by Crippen LogP contribution is -2.38. The Bertz CT molecular complexity index is 1150. The van der Waals surface area contributed by atoms with Crippen molar-refractivity contribution < 1.29 is 4.39 Å². The predicted octanol–water partition coefficient (Wildman–Crippen LogP) is 4.77. The molecule has 0 bridgehead atoms. The molecule has 0 amide bonds. The molecule has 0 atom stereocenters. The van der Waals surface area contributed by atoms with Crippen LogP contribution in [0.1, 0.15) is 18.2 Å². The molecule has 30 heavy (non-hydrogen) atoms. The van der Waals surface area contributed by atoms with Crippen molar-refractivity contribution in [3.05, 3.63) is 78.0 Å². The maximum Gasteiger partial charge on any atom is 0.191 e. The molecular formula is C23H25FIN5. The summed E-state index contributed by atoms with van der Waals surface area (Å²) in [5, 5.41) is 10.0. The minimum absolute atomic E-state index is 0. The molecule has 156 valence electrons. The van der Waals surface area contributed by atoms with Crippen LogP contribution in [0.15, 0.2) is 65.9 Å². The van der Waals surface area contributed by atoms with Crippen LogP contribution in [0.3, 0.4) is 0 Å². The molecule has 2 heterocycles. The summed E-state index contributed by atoms with van der Waals surface area (Å²) < 4.78 is 13.3. The number of nitrogens with one attached hydrogen (secondary N) is 3. The number of pyridine rings is 1. The first-order valence-corrected chi connectivity index (χ1v) is 9.85. The zero-order chi connectivity index (χ0) is 20.1. The lowest BCUT2D eigenvalue weighted by atomic mass is 10.1. The number of aliphatic imine (C=N–C) groups is 1. The van der Waals surface area contributed by atoms with Gasteiger partial charge in [0.25, 0.3) is 0 Å². The normalized spacial score (nSPS) is 11.5. The highest BCUT2D eigenvalue weighted by molar-refractivity contribution is 14.0. The number of H-pyrrole nitrogens is 1. The zero-order valence-corrected chi connectivity index (χ0v) is 19.1. The van der Waals surface area contributed by atoms with E-state index in [1.165, 1.54) is 17.5 Å². The van der Waals surface area contributed by atoms with Crippen LogP contribution >= 0.6 is 24.0 Å². The number of rotatable bonds is 6.